The molecular formula is C14H13ClNO3S-. The molecule has 2 aromatic rings. The molecule has 0 radical (unpaired) electrons. The zero-order valence-electron chi connectivity index (χ0n) is 11.1. The predicted octanol–water partition coefficient (Wildman–Crippen LogP) is 3.11. The van der Waals surface area contributed by atoms with Gasteiger partial charge in [-0.05, 0) is 36.6 Å². The Kier molecular flexibility index (Phi) is 4.20. The standard InChI is InChI=1S/C14H13ClNO3S/c1-9-3-4-10(2)12(7-9)8-11-5-6-13(15)16(17)14(11)20(18)19/h3-7H,8H2,1-2H3/q-1. The first kappa shape index (κ1) is 14.7. The quantitative estimate of drug-likeness (QED) is 0.632. The summed E-state index contributed by atoms with van der Waals surface area (Å²) >= 11 is 5.67. The van der Waals surface area contributed by atoms with Crippen LogP contribution in [-0.2, 0) is 16.7 Å². The zero-order valence-corrected chi connectivity index (χ0v) is 12.6. The Morgan fingerprint density at radius 3 is 2.50 bits per heavy atom. The van der Waals surface area contributed by atoms with Gasteiger partial charge in [-0.2, -0.15) is 8.42 Å². The van der Waals surface area contributed by atoms with E-state index in [1.807, 2.05) is 32.0 Å². The number of aromatic nitrogens is 1. The van der Waals surface area contributed by atoms with Crippen LogP contribution in [0.25, 0.3) is 0 Å². The molecule has 1 aromatic heterocycles. The van der Waals surface area contributed by atoms with Gasteiger partial charge in [0.15, 0.2) is 4.64 Å². The Morgan fingerprint density at radius 1 is 1.15 bits per heavy atom. The van der Waals surface area contributed by atoms with Crippen LogP contribution in [0, 0.1) is 23.7 Å². The summed E-state index contributed by atoms with van der Waals surface area (Å²) < 4.78 is 22.4. The molecule has 0 saturated carbocycles. The topological polar surface area (TPSA) is 62.1 Å². The van der Waals surface area contributed by atoms with Crippen molar-refractivity contribution in [2.45, 2.75) is 20.3 Å². The fourth-order valence-corrected chi connectivity index (χ4v) is 2.83. The van der Waals surface area contributed by atoms with Gasteiger partial charge >= 0.3 is 0 Å². The summed E-state index contributed by atoms with van der Waals surface area (Å²) in [5, 5.41) is 11.6. The van der Waals surface area contributed by atoms with Crippen LogP contribution in [-0.4, -0.2) is 13.1 Å². The monoisotopic (exact) mass is 310 g/mol. The van der Waals surface area contributed by atoms with Crippen molar-refractivity contribution in [2.75, 3.05) is 0 Å². The molecule has 106 valence electrons. The van der Waals surface area contributed by atoms with Crippen molar-refractivity contribution in [1.82, 2.24) is 4.73 Å². The molecule has 0 aliphatic heterocycles. The summed E-state index contributed by atoms with van der Waals surface area (Å²) in [6.07, 6.45) is 0.371. The highest BCUT2D eigenvalue weighted by Gasteiger charge is 2.06. The number of nitrogens with zero attached hydrogens (tertiary/aromatic N) is 1. The maximum absolute atomic E-state index is 11.8. The first-order chi connectivity index (χ1) is 9.40. The van der Waals surface area contributed by atoms with Crippen molar-refractivity contribution in [3.63, 3.8) is 0 Å². The third kappa shape index (κ3) is 2.89. The van der Waals surface area contributed by atoms with Gasteiger partial charge in [-0.15, -0.1) is 0 Å². The number of benzene rings is 1. The number of rotatable bonds is 2. The minimum Gasteiger partial charge on any atom is -0.804 e. The van der Waals surface area contributed by atoms with E-state index in [4.69, 9.17) is 11.6 Å². The second kappa shape index (κ2) is 5.73. The summed E-state index contributed by atoms with van der Waals surface area (Å²) in [6, 6.07) is 8.92. The molecule has 0 saturated heterocycles. The first-order valence-electron chi connectivity index (χ1n) is 5.96. The summed E-state index contributed by atoms with van der Waals surface area (Å²) in [7, 11) is -2.63. The van der Waals surface area contributed by atoms with Crippen LogP contribution in [0.15, 0.2) is 30.3 Å². The van der Waals surface area contributed by atoms with E-state index in [0.29, 0.717) is 12.0 Å². The molecular weight excluding hydrogens is 298 g/mol. The van der Waals surface area contributed by atoms with E-state index in [0.717, 1.165) is 16.7 Å². The number of hydrogen-bond donors (Lipinski definition) is 0. The molecule has 0 amide bonds. The van der Waals surface area contributed by atoms with E-state index >= 15 is 0 Å². The number of halogens is 1. The predicted molar refractivity (Wildman–Crippen MR) is 79.1 cm³/mol. The minimum atomic E-state index is -2.63. The molecule has 0 bridgehead atoms. The Balaban J connectivity index is 2.65. The van der Waals surface area contributed by atoms with Crippen LogP contribution < -0.4 is 0 Å². The second-order valence-corrected chi connectivity index (χ2v) is 5.87. The second-order valence-electron chi connectivity index (χ2n) is 4.62. The molecule has 1 heterocycles. The SMILES string of the molecule is Cc1ccc(C)c(Cc2ccc(Cl)n([O-])c2=S(=O)=O)c1. The molecule has 0 atom stereocenters. The highest BCUT2D eigenvalue weighted by Crippen LogP contribution is 2.18. The third-order valence-electron chi connectivity index (χ3n) is 3.12. The first-order valence-corrected chi connectivity index (χ1v) is 7.41. The Bertz CT molecular complexity index is 830. The highest BCUT2D eigenvalue weighted by molar-refractivity contribution is 7.63. The lowest BCUT2D eigenvalue weighted by molar-refractivity contribution is 0.623. The van der Waals surface area contributed by atoms with E-state index in [1.54, 1.807) is 6.07 Å². The van der Waals surface area contributed by atoms with E-state index in [-0.39, 0.29) is 14.5 Å². The maximum atomic E-state index is 11.8. The lowest BCUT2D eigenvalue weighted by Gasteiger charge is -2.15. The van der Waals surface area contributed by atoms with Crippen LogP contribution in [0.1, 0.15) is 22.3 Å². The Morgan fingerprint density at radius 2 is 1.85 bits per heavy atom. The highest BCUT2D eigenvalue weighted by atomic mass is 35.5. The van der Waals surface area contributed by atoms with E-state index in [1.165, 1.54) is 6.07 Å². The van der Waals surface area contributed by atoms with Crippen LogP contribution >= 0.6 is 11.6 Å². The average Bonchev–Trinajstić information content (AvgIpc) is 2.38. The molecule has 4 nitrogen and oxygen atoms in total. The molecule has 1 aromatic carbocycles. The zero-order chi connectivity index (χ0) is 14.9. The fraction of sp³-hybridized carbons (Fsp3) is 0.214. The summed E-state index contributed by atoms with van der Waals surface area (Å²) in [5.74, 6) is 0. The van der Waals surface area contributed by atoms with Crippen LogP contribution in [0.4, 0.5) is 0 Å². The van der Waals surface area contributed by atoms with Crippen molar-refractivity contribution in [2.24, 2.45) is 0 Å². The summed E-state index contributed by atoms with van der Waals surface area (Å²) in [5.41, 5.74) is 3.55. The van der Waals surface area contributed by atoms with Crippen LogP contribution in [0.2, 0.25) is 5.15 Å². The number of aryl methyl sites for hydroxylation is 2. The minimum absolute atomic E-state index is 0.158. The van der Waals surface area contributed by atoms with Gasteiger partial charge in [-0.3, -0.25) is 0 Å². The number of pyridine rings is 1. The molecule has 2 rings (SSSR count). The van der Waals surface area contributed by atoms with Crippen molar-refractivity contribution in [3.8, 4) is 0 Å². The summed E-state index contributed by atoms with van der Waals surface area (Å²) in [4.78, 5) is 0. The van der Waals surface area contributed by atoms with Gasteiger partial charge in [0.1, 0.15) is 5.15 Å². The summed E-state index contributed by atoms with van der Waals surface area (Å²) in [6.45, 7) is 3.91. The maximum Gasteiger partial charge on any atom is 0.238 e. The van der Waals surface area contributed by atoms with Crippen molar-refractivity contribution in [1.29, 1.82) is 0 Å². The van der Waals surface area contributed by atoms with Gasteiger partial charge < -0.3 is 9.94 Å². The van der Waals surface area contributed by atoms with Crippen molar-refractivity contribution < 1.29 is 8.42 Å². The van der Waals surface area contributed by atoms with Gasteiger partial charge in [0.2, 0.25) is 10.3 Å². The molecule has 20 heavy (non-hydrogen) atoms. The lowest BCUT2D eigenvalue weighted by atomic mass is 10.00. The third-order valence-corrected chi connectivity index (χ3v) is 4.14. The van der Waals surface area contributed by atoms with Crippen molar-refractivity contribution in [3.05, 3.63) is 67.6 Å². The molecule has 0 N–H and O–H groups in total. The molecule has 0 aliphatic carbocycles. The van der Waals surface area contributed by atoms with Gasteiger partial charge in [-0.1, -0.05) is 41.4 Å². The number of hydrogen-bond acceptors (Lipinski definition) is 3. The molecule has 0 spiro atoms. The van der Waals surface area contributed by atoms with E-state index < -0.39 is 10.3 Å². The Labute approximate surface area is 123 Å². The van der Waals surface area contributed by atoms with E-state index in [9.17, 15) is 13.6 Å². The van der Waals surface area contributed by atoms with Gasteiger partial charge in [0.25, 0.3) is 0 Å². The molecule has 0 fully saturated rings. The molecule has 0 unspecified atom stereocenters. The largest absolute Gasteiger partial charge is 0.804 e. The molecule has 6 heteroatoms. The van der Waals surface area contributed by atoms with Gasteiger partial charge in [-0.25, -0.2) is 0 Å². The smallest absolute Gasteiger partial charge is 0.238 e. The average molecular weight is 311 g/mol. The lowest BCUT2D eigenvalue weighted by Crippen LogP contribution is -2.02. The molecule has 0 aliphatic rings. The Hall–Kier alpha value is -1.72. The van der Waals surface area contributed by atoms with E-state index in [2.05, 4.69) is 0 Å². The van der Waals surface area contributed by atoms with Gasteiger partial charge in [0, 0.05) is 6.42 Å². The van der Waals surface area contributed by atoms with Crippen molar-refractivity contribution >= 4 is 21.9 Å². The fourth-order valence-electron chi connectivity index (χ4n) is 2.04. The van der Waals surface area contributed by atoms with Crippen LogP contribution in [0.3, 0.4) is 0 Å². The van der Waals surface area contributed by atoms with Gasteiger partial charge in [0.05, 0.1) is 0 Å². The normalized spacial score (nSPS) is 10.6. The van der Waals surface area contributed by atoms with Crippen LogP contribution in [0.5, 0.6) is 0 Å².